The number of piperidine rings is 1. The molecule has 1 atom stereocenters. The number of nitrogens with one attached hydrogen (secondary N) is 1. The quantitative estimate of drug-likeness (QED) is 0.244. The second-order valence-corrected chi connectivity index (χ2v) is 11.7. The van der Waals surface area contributed by atoms with E-state index in [2.05, 4.69) is 45.9 Å². The lowest BCUT2D eigenvalue weighted by molar-refractivity contribution is -0.140. The summed E-state index contributed by atoms with van der Waals surface area (Å²) in [6, 6.07) is 16.8. The average Bonchev–Trinajstić information content (AvgIpc) is 3.81. The zero-order valence-electron chi connectivity index (χ0n) is 23.6. The zero-order chi connectivity index (χ0) is 29.4. The molecule has 1 N–H and O–H groups in total. The molecule has 0 spiro atoms. The highest BCUT2D eigenvalue weighted by molar-refractivity contribution is 5.82. The van der Waals surface area contributed by atoms with E-state index in [1.54, 1.807) is 18.2 Å². The van der Waals surface area contributed by atoms with Gasteiger partial charge in [-0.2, -0.15) is 18.2 Å². The molecule has 2 aromatic heterocycles. The van der Waals surface area contributed by atoms with Gasteiger partial charge in [0.05, 0.1) is 0 Å². The Morgan fingerprint density at radius 3 is 2.48 bits per heavy atom. The Hall–Kier alpha value is -3.98. The van der Waals surface area contributed by atoms with E-state index < -0.39 is 18.3 Å². The van der Waals surface area contributed by atoms with Gasteiger partial charge in [0.25, 0.3) is 5.56 Å². The maximum absolute atomic E-state index is 13.7. The first-order valence-corrected chi connectivity index (χ1v) is 14.4. The molecule has 42 heavy (non-hydrogen) atoms. The monoisotopic (exact) mass is 573 g/mol. The normalized spacial score (nSPS) is 17.9. The predicted molar refractivity (Wildman–Crippen MR) is 161 cm³/mol. The molecule has 2 aromatic carbocycles. The minimum Gasteiger partial charge on any atom is -0.324 e. The van der Waals surface area contributed by atoms with Gasteiger partial charge in [-0.15, -0.1) is 0 Å². The lowest BCUT2D eigenvalue weighted by Crippen LogP contribution is -2.32. The van der Waals surface area contributed by atoms with E-state index in [1.165, 1.54) is 24.6 Å². The van der Waals surface area contributed by atoms with Crippen LogP contribution in [0.15, 0.2) is 72.2 Å². The topological polar surface area (TPSA) is 63.1 Å². The van der Waals surface area contributed by atoms with Gasteiger partial charge in [0.2, 0.25) is 5.95 Å². The Kier molecular flexibility index (Phi) is 7.62. The number of aromatic nitrogens is 3. The Morgan fingerprint density at radius 1 is 1.07 bits per heavy atom. The number of fused-ring (bicyclic) bond motifs is 1. The van der Waals surface area contributed by atoms with Crippen LogP contribution in [-0.4, -0.2) is 45.7 Å². The number of alkyl halides is 3. The molecular formula is C33H34F3N5O. The number of halogens is 3. The summed E-state index contributed by atoms with van der Waals surface area (Å²) in [6.07, 6.45) is 2.52. The number of likely N-dealkylation sites (tertiary alicyclic amines) is 1. The molecular weight excluding hydrogens is 539 g/mol. The number of nitrogens with zero attached hydrogens (tertiary/aromatic N) is 4. The lowest BCUT2D eigenvalue weighted by Gasteiger charge is -2.29. The van der Waals surface area contributed by atoms with E-state index in [0.29, 0.717) is 33.0 Å². The van der Waals surface area contributed by atoms with Crippen molar-refractivity contribution < 1.29 is 13.2 Å². The van der Waals surface area contributed by atoms with Crippen LogP contribution in [0.5, 0.6) is 0 Å². The molecule has 1 saturated carbocycles. The lowest BCUT2D eigenvalue weighted by atomic mass is 9.91. The van der Waals surface area contributed by atoms with Gasteiger partial charge < -0.3 is 10.2 Å². The van der Waals surface area contributed by atoms with Crippen molar-refractivity contribution in [3.63, 3.8) is 0 Å². The van der Waals surface area contributed by atoms with Crippen LogP contribution in [0, 0.1) is 11.8 Å². The SMILES string of the molecule is C=C(c1ccc(-c2cc3cnc(Nc4ccc(CC5CCCN(C)C5)cc4)nc3n(CC(F)(F)F)c2=O)cc1)C1CC1. The van der Waals surface area contributed by atoms with Crippen LogP contribution < -0.4 is 10.9 Å². The molecule has 218 valence electrons. The van der Waals surface area contributed by atoms with Gasteiger partial charge >= 0.3 is 6.18 Å². The smallest absolute Gasteiger partial charge is 0.324 e. The van der Waals surface area contributed by atoms with E-state index in [4.69, 9.17) is 0 Å². The van der Waals surface area contributed by atoms with E-state index >= 15 is 0 Å². The van der Waals surface area contributed by atoms with E-state index in [0.717, 1.165) is 43.5 Å². The fraction of sp³-hybridized carbons (Fsp3) is 0.364. The maximum Gasteiger partial charge on any atom is 0.406 e. The Morgan fingerprint density at radius 2 is 1.81 bits per heavy atom. The Labute approximate surface area is 242 Å². The third-order valence-corrected chi connectivity index (χ3v) is 8.26. The highest BCUT2D eigenvalue weighted by Gasteiger charge is 2.31. The summed E-state index contributed by atoms with van der Waals surface area (Å²) in [5.74, 6) is 1.24. The van der Waals surface area contributed by atoms with Crippen molar-refractivity contribution in [3.05, 3.63) is 88.9 Å². The third-order valence-electron chi connectivity index (χ3n) is 8.26. The first-order valence-electron chi connectivity index (χ1n) is 14.4. The fourth-order valence-electron chi connectivity index (χ4n) is 5.91. The van der Waals surface area contributed by atoms with Crippen molar-refractivity contribution in [1.82, 2.24) is 19.4 Å². The molecule has 1 aliphatic heterocycles. The molecule has 0 amide bonds. The van der Waals surface area contributed by atoms with Crippen LogP contribution in [0.2, 0.25) is 0 Å². The molecule has 4 aromatic rings. The molecule has 0 bridgehead atoms. The molecule has 1 saturated heterocycles. The highest BCUT2D eigenvalue weighted by atomic mass is 19.4. The fourth-order valence-corrected chi connectivity index (χ4v) is 5.91. The number of hydrogen-bond acceptors (Lipinski definition) is 5. The van der Waals surface area contributed by atoms with Crippen molar-refractivity contribution in [1.29, 1.82) is 0 Å². The Bertz CT molecular complexity index is 1660. The molecule has 6 rings (SSSR count). The number of allylic oxidation sites excluding steroid dienone is 1. The first kappa shape index (κ1) is 28.2. The summed E-state index contributed by atoms with van der Waals surface area (Å²) in [7, 11) is 2.16. The van der Waals surface area contributed by atoms with Crippen molar-refractivity contribution in [3.8, 4) is 11.1 Å². The molecule has 2 fully saturated rings. The first-order chi connectivity index (χ1) is 20.1. The van der Waals surface area contributed by atoms with Crippen molar-refractivity contribution in [2.24, 2.45) is 11.8 Å². The summed E-state index contributed by atoms with van der Waals surface area (Å²) < 4.78 is 41.6. The van der Waals surface area contributed by atoms with Gasteiger partial charge in [0, 0.05) is 29.4 Å². The molecule has 1 unspecified atom stereocenters. The molecule has 3 heterocycles. The standard InChI is InChI=1S/C33H34F3N5O/c1-21(24-7-8-24)25-9-11-26(12-10-25)29-17-27-18-37-32(39-30(27)41(31(29)42)20-33(34,35)36)38-28-13-5-22(6-14-28)16-23-4-3-15-40(2)19-23/h5-6,9-14,17-18,23-24H,1,3-4,7-8,15-16,19-20H2,2H3,(H,37,38,39). The van der Waals surface area contributed by atoms with Crippen molar-refractivity contribution in [2.75, 3.05) is 25.5 Å². The van der Waals surface area contributed by atoms with E-state index in [-0.39, 0.29) is 17.2 Å². The van der Waals surface area contributed by atoms with Gasteiger partial charge in [0.15, 0.2) is 0 Å². The van der Waals surface area contributed by atoms with Gasteiger partial charge in [-0.25, -0.2) is 4.98 Å². The summed E-state index contributed by atoms with van der Waals surface area (Å²) in [5.41, 5.74) is 3.85. The van der Waals surface area contributed by atoms with Crippen LogP contribution in [-0.2, 0) is 13.0 Å². The predicted octanol–water partition coefficient (Wildman–Crippen LogP) is 7.07. The molecule has 9 heteroatoms. The number of benzene rings is 2. The minimum absolute atomic E-state index is 0.0738. The number of hydrogen-bond donors (Lipinski definition) is 1. The van der Waals surface area contributed by atoms with Gasteiger partial charge in [0.1, 0.15) is 12.2 Å². The Balaban J connectivity index is 1.27. The summed E-state index contributed by atoms with van der Waals surface area (Å²) in [4.78, 5) is 24.5. The zero-order valence-corrected chi connectivity index (χ0v) is 23.6. The van der Waals surface area contributed by atoms with Crippen molar-refractivity contribution >= 4 is 28.2 Å². The maximum atomic E-state index is 13.7. The van der Waals surface area contributed by atoms with Gasteiger partial charge in [-0.3, -0.25) is 9.36 Å². The largest absolute Gasteiger partial charge is 0.406 e. The second kappa shape index (κ2) is 11.4. The van der Waals surface area contributed by atoms with Crippen LogP contribution in [0.1, 0.15) is 36.8 Å². The summed E-state index contributed by atoms with van der Waals surface area (Å²) in [6.45, 7) is 4.94. The van der Waals surface area contributed by atoms with Crippen LogP contribution >= 0.6 is 0 Å². The van der Waals surface area contributed by atoms with Gasteiger partial charge in [-0.05, 0) is 98.0 Å². The second-order valence-electron chi connectivity index (χ2n) is 11.7. The number of pyridine rings is 1. The number of anilines is 2. The third kappa shape index (κ3) is 6.41. The van der Waals surface area contributed by atoms with Crippen LogP contribution in [0.3, 0.4) is 0 Å². The summed E-state index contributed by atoms with van der Waals surface area (Å²) >= 11 is 0. The minimum atomic E-state index is -4.61. The molecule has 0 radical (unpaired) electrons. The van der Waals surface area contributed by atoms with E-state index in [9.17, 15) is 18.0 Å². The van der Waals surface area contributed by atoms with Crippen LogP contribution in [0.4, 0.5) is 24.8 Å². The summed E-state index contributed by atoms with van der Waals surface area (Å²) in [5, 5.41) is 3.43. The molecule has 2 aliphatic rings. The average molecular weight is 574 g/mol. The molecule has 1 aliphatic carbocycles. The molecule has 6 nitrogen and oxygen atoms in total. The van der Waals surface area contributed by atoms with E-state index in [1.807, 2.05) is 24.3 Å². The highest BCUT2D eigenvalue weighted by Crippen LogP contribution is 2.41. The number of rotatable bonds is 8. The van der Waals surface area contributed by atoms with Crippen LogP contribution in [0.25, 0.3) is 27.7 Å². The van der Waals surface area contributed by atoms with Crippen molar-refractivity contribution in [2.45, 2.75) is 44.8 Å². The van der Waals surface area contributed by atoms with Gasteiger partial charge in [-0.1, -0.05) is 43.0 Å².